The summed E-state index contributed by atoms with van der Waals surface area (Å²) in [5.41, 5.74) is 1.80. The minimum absolute atomic E-state index is 0.155. The van der Waals surface area contributed by atoms with Gasteiger partial charge in [-0.25, -0.2) is 9.59 Å². The fraction of sp³-hybridized carbons (Fsp3) is 0.300. The van der Waals surface area contributed by atoms with E-state index in [4.69, 9.17) is 9.47 Å². The summed E-state index contributed by atoms with van der Waals surface area (Å²) >= 11 is 1.67. The van der Waals surface area contributed by atoms with Crippen LogP contribution in [0.2, 0.25) is 0 Å². The molecular weight excluding hydrogens is 350 g/mol. The largest absolute Gasteiger partial charge is 0.458 e. The highest BCUT2D eigenvalue weighted by atomic mass is 32.2. The van der Waals surface area contributed by atoms with Crippen molar-refractivity contribution in [3.8, 4) is 0 Å². The first-order valence-corrected chi connectivity index (χ1v) is 9.65. The molecule has 0 bridgehead atoms. The molecule has 0 aliphatic carbocycles. The Hall–Kier alpha value is -2.47. The molecule has 136 valence electrons. The summed E-state index contributed by atoms with van der Waals surface area (Å²) in [6.07, 6.45) is -1.13. The van der Waals surface area contributed by atoms with Gasteiger partial charge in [-0.3, -0.25) is 4.90 Å². The van der Waals surface area contributed by atoms with Gasteiger partial charge >= 0.3 is 12.1 Å². The molecule has 1 amide bonds. The SMILES string of the molecule is O=C(OCc1ccccc1)[C@H](Cc1ccccc1)OC(=O)N1CCSC1. The van der Waals surface area contributed by atoms with Gasteiger partial charge in [-0.05, 0) is 11.1 Å². The number of ether oxygens (including phenoxy) is 2. The van der Waals surface area contributed by atoms with Gasteiger partial charge in [0.1, 0.15) is 6.61 Å². The highest BCUT2D eigenvalue weighted by Gasteiger charge is 2.29. The molecule has 2 aromatic rings. The number of rotatable bonds is 6. The molecule has 0 unspecified atom stereocenters. The van der Waals surface area contributed by atoms with Crippen molar-refractivity contribution in [3.63, 3.8) is 0 Å². The quantitative estimate of drug-likeness (QED) is 0.728. The van der Waals surface area contributed by atoms with Crippen molar-refractivity contribution in [3.05, 3.63) is 71.8 Å². The third-order valence-electron chi connectivity index (χ3n) is 4.00. The van der Waals surface area contributed by atoms with Crippen LogP contribution in [0.15, 0.2) is 60.7 Å². The Bertz CT molecular complexity index is 717. The molecular formula is C20H21NO4S. The smallest absolute Gasteiger partial charge is 0.411 e. The molecule has 5 nitrogen and oxygen atoms in total. The fourth-order valence-electron chi connectivity index (χ4n) is 2.58. The molecule has 3 rings (SSSR count). The monoisotopic (exact) mass is 371 g/mol. The van der Waals surface area contributed by atoms with E-state index in [0.29, 0.717) is 18.8 Å². The molecule has 2 aromatic carbocycles. The van der Waals surface area contributed by atoms with Crippen molar-refractivity contribution >= 4 is 23.8 Å². The first-order valence-electron chi connectivity index (χ1n) is 8.50. The van der Waals surface area contributed by atoms with Crippen molar-refractivity contribution in [1.29, 1.82) is 0 Å². The number of esters is 1. The Kier molecular flexibility index (Phi) is 6.55. The van der Waals surface area contributed by atoms with E-state index >= 15 is 0 Å². The second-order valence-corrected chi connectivity index (χ2v) is 7.03. The van der Waals surface area contributed by atoms with Crippen LogP contribution in [0.1, 0.15) is 11.1 Å². The van der Waals surface area contributed by atoms with Crippen LogP contribution in [0.3, 0.4) is 0 Å². The van der Waals surface area contributed by atoms with E-state index in [1.807, 2.05) is 60.7 Å². The Labute approximate surface area is 157 Å². The van der Waals surface area contributed by atoms with E-state index < -0.39 is 18.2 Å². The van der Waals surface area contributed by atoms with Crippen molar-refractivity contribution in [2.24, 2.45) is 0 Å². The van der Waals surface area contributed by atoms with Crippen LogP contribution >= 0.6 is 11.8 Å². The average Bonchev–Trinajstić information content (AvgIpc) is 3.22. The maximum atomic E-state index is 12.5. The van der Waals surface area contributed by atoms with Crippen LogP contribution in [0.4, 0.5) is 4.79 Å². The van der Waals surface area contributed by atoms with E-state index in [1.54, 1.807) is 16.7 Å². The van der Waals surface area contributed by atoms with Gasteiger partial charge in [-0.1, -0.05) is 60.7 Å². The van der Waals surface area contributed by atoms with Crippen LogP contribution in [0.25, 0.3) is 0 Å². The standard InChI is InChI=1S/C20H21NO4S/c22-19(24-14-17-9-5-2-6-10-17)18(13-16-7-3-1-4-8-16)25-20(23)21-11-12-26-15-21/h1-10,18H,11-15H2/t18-/m0/s1. The lowest BCUT2D eigenvalue weighted by atomic mass is 10.1. The maximum Gasteiger partial charge on any atom is 0.411 e. The molecule has 0 aromatic heterocycles. The zero-order valence-corrected chi connectivity index (χ0v) is 15.2. The number of carbonyl (C=O) groups excluding carboxylic acids is 2. The van der Waals surface area contributed by atoms with E-state index in [9.17, 15) is 9.59 Å². The predicted octanol–water partition coefficient (Wildman–Crippen LogP) is 3.48. The van der Waals surface area contributed by atoms with Gasteiger partial charge in [-0.15, -0.1) is 11.8 Å². The minimum atomic E-state index is -0.959. The Balaban J connectivity index is 1.64. The molecule has 1 atom stereocenters. The van der Waals surface area contributed by atoms with E-state index in [2.05, 4.69) is 0 Å². The third-order valence-corrected chi connectivity index (χ3v) is 4.97. The number of nitrogens with zero attached hydrogens (tertiary/aromatic N) is 1. The summed E-state index contributed by atoms with van der Waals surface area (Å²) in [5, 5.41) is 0. The number of hydrogen-bond donors (Lipinski definition) is 0. The molecule has 0 radical (unpaired) electrons. The maximum absolute atomic E-state index is 12.5. The molecule has 0 spiro atoms. The molecule has 1 aliphatic heterocycles. The van der Waals surface area contributed by atoms with Crippen molar-refractivity contribution < 1.29 is 19.1 Å². The second-order valence-electron chi connectivity index (χ2n) is 5.96. The lowest BCUT2D eigenvalue weighted by molar-refractivity contribution is -0.155. The van der Waals surface area contributed by atoms with Crippen LogP contribution < -0.4 is 0 Å². The fourth-order valence-corrected chi connectivity index (χ4v) is 3.51. The van der Waals surface area contributed by atoms with Gasteiger partial charge in [0, 0.05) is 18.7 Å². The molecule has 0 N–H and O–H groups in total. The van der Waals surface area contributed by atoms with Crippen LogP contribution in [0, 0.1) is 0 Å². The number of thioether (sulfide) groups is 1. The van der Waals surface area contributed by atoms with Crippen LogP contribution in [0.5, 0.6) is 0 Å². The first-order chi connectivity index (χ1) is 12.7. The van der Waals surface area contributed by atoms with Gasteiger partial charge in [0.15, 0.2) is 0 Å². The highest BCUT2D eigenvalue weighted by molar-refractivity contribution is 7.99. The second kappa shape index (κ2) is 9.29. The Morgan fingerprint density at radius 2 is 1.65 bits per heavy atom. The molecule has 1 aliphatic rings. The van der Waals surface area contributed by atoms with Gasteiger partial charge in [-0.2, -0.15) is 0 Å². The predicted molar refractivity (Wildman–Crippen MR) is 101 cm³/mol. The third kappa shape index (κ3) is 5.26. The average molecular weight is 371 g/mol. The van der Waals surface area contributed by atoms with Gasteiger partial charge in [0.25, 0.3) is 0 Å². The summed E-state index contributed by atoms with van der Waals surface area (Å²) in [6.45, 7) is 0.794. The van der Waals surface area contributed by atoms with E-state index in [0.717, 1.165) is 16.9 Å². The summed E-state index contributed by atoms with van der Waals surface area (Å²) in [7, 11) is 0. The minimum Gasteiger partial charge on any atom is -0.458 e. The lowest BCUT2D eigenvalue weighted by Crippen LogP contribution is -2.37. The van der Waals surface area contributed by atoms with Crippen molar-refractivity contribution in [2.75, 3.05) is 18.2 Å². The zero-order valence-electron chi connectivity index (χ0n) is 14.4. The Morgan fingerprint density at radius 1 is 1.00 bits per heavy atom. The highest BCUT2D eigenvalue weighted by Crippen LogP contribution is 2.17. The summed E-state index contributed by atoms with van der Waals surface area (Å²) in [6, 6.07) is 18.9. The normalized spacial score (nSPS) is 14.7. The summed E-state index contributed by atoms with van der Waals surface area (Å²) in [4.78, 5) is 26.5. The van der Waals surface area contributed by atoms with Crippen LogP contribution in [-0.2, 0) is 27.3 Å². The van der Waals surface area contributed by atoms with E-state index in [-0.39, 0.29) is 6.61 Å². The van der Waals surface area contributed by atoms with Gasteiger partial charge in [0.2, 0.25) is 6.10 Å². The number of hydrogen-bond acceptors (Lipinski definition) is 5. The molecule has 6 heteroatoms. The number of benzene rings is 2. The van der Waals surface area contributed by atoms with Crippen molar-refractivity contribution in [1.82, 2.24) is 4.90 Å². The molecule has 0 saturated carbocycles. The summed E-state index contributed by atoms with van der Waals surface area (Å²) in [5.74, 6) is 0.949. The van der Waals surface area contributed by atoms with Gasteiger partial charge in [0.05, 0.1) is 5.88 Å². The first kappa shape index (κ1) is 18.3. The molecule has 26 heavy (non-hydrogen) atoms. The lowest BCUT2D eigenvalue weighted by Gasteiger charge is -2.21. The molecule has 1 saturated heterocycles. The number of amides is 1. The van der Waals surface area contributed by atoms with Crippen LogP contribution in [-0.4, -0.2) is 41.2 Å². The topological polar surface area (TPSA) is 55.8 Å². The number of carbonyl (C=O) groups is 2. The van der Waals surface area contributed by atoms with Crippen molar-refractivity contribution in [2.45, 2.75) is 19.1 Å². The zero-order chi connectivity index (χ0) is 18.2. The summed E-state index contributed by atoms with van der Waals surface area (Å²) < 4.78 is 10.9. The molecule has 1 heterocycles. The Morgan fingerprint density at radius 3 is 2.27 bits per heavy atom. The van der Waals surface area contributed by atoms with E-state index in [1.165, 1.54) is 0 Å². The van der Waals surface area contributed by atoms with Gasteiger partial charge < -0.3 is 9.47 Å². The molecule has 1 fully saturated rings.